The molecule has 0 saturated carbocycles. The zero-order chi connectivity index (χ0) is 12.3. The lowest BCUT2D eigenvalue weighted by Gasteiger charge is -2.27. The monoisotopic (exact) mass is 274 g/mol. The Balaban J connectivity index is 1.88. The van der Waals surface area contributed by atoms with Crippen LogP contribution in [-0.2, 0) is 16.6 Å². The molecule has 4 nitrogen and oxygen atoms in total. The molecule has 1 heterocycles. The van der Waals surface area contributed by atoms with E-state index in [-0.39, 0.29) is 18.3 Å². The molecule has 0 amide bonds. The summed E-state index contributed by atoms with van der Waals surface area (Å²) in [6, 6.07) is 7.27. The van der Waals surface area contributed by atoms with Crippen molar-refractivity contribution in [2.45, 2.75) is 19.0 Å². The van der Waals surface area contributed by atoms with E-state index in [4.69, 9.17) is 11.6 Å². The first-order chi connectivity index (χ1) is 8.05. The van der Waals surface area contributed by atoms with E-state index < -0.39 is 10.0 Å². The Hall–Kier alpha value is -0.620. The van der Waals surface area contributed by atoms with E-state index in [1.165, 1.54) is 0 Å². The van der Waals surface area contributed by atoms with Crippen LogP contribution < -0.4 is 10.0 Å². The molecule has 1 aliphatic rings. The molecule has 2 N–H and O–H groups in total. The lowest BCUT2D eigenvalue weighted by molar-refractivity contribution is 0.397. The van der Waals surface area contributed by atoms with Crippen LogP contribution in [0.1, 0.15) is 12.0 Å². The molecule has 0 aliphatic carbocycles. The molecule has 94 valence electrons. The van der Waals surface area contributed by atoms with Crippen molar-refractivity contribution in [2.24, 2.45) is 0 Å². The van der Waals surface area contributed by atoms with Crippen molar-refractivity contribution < 1.29 is 8.42 Å². The highest BCUT2D eigenvalue weighted by molar-refractivity contribution is 7.89. The van der Waals surface area contributed by atoms with Gasteiger partial charge in [0, 0.05) is 17.6 Å². The summed E-state index contributed by atoms with van der Waals surface area (Å²) in [5, 5.41) is 3.68. The second-order valence-corrected chi connectivity index (χ2v) is 6.46. The van der Waals surface area contributed by atoms with Gasteiger partial charge in [-0.05, 0) is 30.7 Å². The largest absolute Gasteiger partial charge is 0.313 e. The summed E-state index contributed by atoms with van der Waals surface area (Å²) in [6.07, 6.45) is 0.929. The molecule has 0 aromatic heterocycles. The standard InChI is InChI=1S/C11H15ClN2O2S/c12-10-3-1-2-9(6-10)7-14-17(15,16)8-11-4-5-13-11/h1-3,6,11,13-14H,4-5,7-8H2. The van der Waals surface area contributed by atoms with Gasteiger partial charge in [0.2, 0.25) is 10.0 Å². The van der Waals surface area contributed by atoms with Gasteiger partial charge in [0.25, 0.3) is 0 Å². The Morgan fingerprint density at radius 2 is 2.24 bits per heavy atom. The van der Waals surface area contributed by atoms with E-state index in [1.54, 1.807) is 18.2 Å². The summed E-state index contributed by atoms with van der Waals surface area (Å²) >= 11 is 5.82. The molecule has 1 aliphatic heterocycles. The van der Waals surface area contributed by atoms with Crippen LogP contribution >= 0.6 is 11.6 Å². The van der Waals surface area contributed by atoms with Crippen molar-refractivity contribution >= 4 is 21.6 Å². The second kappa shape index (κ2) is 5.35. The van der Waals surface area contributed by atoms with E-state index in [0.717, 1.165) is 18.5 Å². The first-order valence-electron chi connectivity index (χ1n) is 5.50. The summed E-state index contributed by atoms with van der Waals surface area (Å²) in [6.45, 7) is 1.20. The zero-order valence-electron chi connectivity index (χ0n) is 9.32. The van der Waals surface area contributed by atoms with Crippen molar-refractivity contribution in [1.29, 1.82) is 0 Å². The molecular formula is C11H15ClN2O2S. The minimum atomic E-state index is -3.21. The van der Waals surface area contributed by atoms with Gasteiger partial charge < -0.3 is 5.32 Å². The molecule has 0 spiro atoms. The maximum absolute atomic E-state index is 11.7. The van der Waals surface area contributed by atoms with Crippen LogP contribution in [0.5, 0.6) is 0 Å². The van der Waals surface area contributed by atoms with Crippen LogP contribution in [0.15, 0.2) is 24.3 Å². The first-order valence-corrected chi connectivity index (χ1v) is 7.53. The maximum Gasteiger partial charge on any atom is 0.213 e. The van der Waals surface area contributed by atoms with Gasteiger partial charge in [-0.3, -0.25) is 0 Å². The highest BCUT2D eigenvalue weighted by Gasteiger charge is 2.23. The average Bonchev–Trinajstić information content (AvgIpc) is 2.22. The normalized spacial score (nSPS) is 19.9. The Labute approximate surface area is 106 Å². The number of hydrogen-bond donors (Lipinski definition) is 2. The minimum Gasteiger partial charge on any atom is -0.313 e. The molecule has 1 saturated heterocycles. The summed E-state index contributed by atoms with van der Waals surface area (Å²) in [5.74, 6) is 0.146. The lowest BCUT2D eigenvalue weighted by atomic mass is 10.1. The third kappa shape index (κ3) is 3.96. The predicted molar refractivity (Wildman–Crippen MR) is 68.5 cm³/mol. The first kappa shape index (κ1) is 12.8. The van der Waals surface area contributed by atoms with Crippen LogP contribution in [0.2, 0.25) is 5.02 Å². The summed E-state index contributed by atoms with van der Waals surface area (Å²) < 4.78 is 26.0. The molecule has 1 atom stereocenters. The highest BCUT2D eigenvalue weighted by Crippen LogP contribution is 2.11. The van der Waals surface area contributed by atoms with E-state index in [0.29, 0.717) is 5.02 Å². The van der Waals surface area contributed by atoms with Crippen LogP contribution in [0.25, 0.3) is 0 Å². The molecule has 1 aromatic carbocycles. The summed E-state index contributed by atoms with van der Waals surface area (Å²) in [7, 11) is -3.21. The Bertz CT molecular complexity index is 486. The smallest absolute Gasteiger partial charge is 0.213 e. The van der Waals surface area contributed by atoms with Gasteiger partial charge in [0.1, 0.15) is 0 Å². The van der Waals surface area contributed by atoms with Crippen molar-refractivity contribution in [3.8, 4) is 0 Å². The van der Waals surface area contributed by atoms with Crippen molar-refractivity contribution in [2.75, 3.05) is 12.3 Å². The Morgan fingerprint density at radius 3 is 2.82 bits per heavy atom. The van der Waals surface area contributed by atoms with Crippen LogP contribution in [0.4, 0.5) is 0 Å². The van der Waals surface area contributed by atoms with Gasteiger partial charge in [-0.2, -0.15) is 0 Å². The third-order valence-electron chi connectivity index (χ3n) is 2.73. The molecule has 6 heteroatoms. The maximum atomic E-state index is 11.7. The quantitative estimate of drug-likeness (QED) is 0.846. The molecule has 2 rings (SSSR count). The molecule has 1 aromatic rings. The number of nitrogens with one attached hydrogen (secondary N) is 2. The number of hydrogen-bond acceptors (Lipinski definition) is 3. The molecule has 0 bridgehead atoms. The van der Waals surface area contributed by atoms with Gasteiger partial charge in [-0.1, -0.05) is 23.7 Å². The van der Waals surface area contributed by atoms with Crippen LogP contribution in [-0.4, -0.2) is 26.8 Å². The number of sulfonamides is 1. The topological polar surface area (TPSA) is 58.2 Å². The average molecular weight is 275 g/mol. The van der Waals surface area contributed by atoms with Gasteiger partial charge in [0.15, 0.2) is 0 Å². The number of halogens is 1. The van der Waals surface area contributed by atoms with Crippen LogP contribution in [0, 0.1) is 0 Å². The van der Waals surface area contributed by atoms with Crippen molar-refractivity contribution in [3.05, 3.63) is 34.9 Å². The van der Waals surface area contributed by atoms with Gasteiger partial charge in [-0.15, -0.1) is 0 Å². The lowest BCUT2D eigenvalue weighted by Crippen LogP contribution is -2.49. The van der Waals surface area contributed by atoms with Gasteiger partial charge in [0.05, 0.1) is 5.75 Å². The molecular weight excluding hydrogens is 260 g/mol. The van der Waals surface area contributed by atoms with E-state index in [1.807, 2.05) is 6.07 Å². The summed E-state index contributed by atoms with van der Waals surface area (Å²) in [5.41, 5.74) is 0.864. The number of benzene rings is 1. The summed E-state index contributed by atoms with van der Waals surface area (Å²) in [4.78, 5) is 0. The van der Waals surface area contributed by atoms with Crippen LogP contribution in [0.3, 0.4) is 0 Å². The fourth-order valence-corrected chi connectivity index (χ4v) is 3.19. The minimum absolute atomic E-state index is 0.104. The zero-order valence-corrected chi connectivity index (χ0v) is 10.9. The molecule has 1 fully saturated rings. The molecule has 17 heavy (non-hydrogen) atoms. The van der Waals surface area contributed by atoms with E-state index in [2.05, 4.69) is 10.0 Å². The van der Waals surface area contributed by atoms with E-state index >= 15 is 0 Å². The third-order valence-corrected chi connectivity index (χ3v) is 4.39. The number of rotatable bonds is 5. The van der Waals surface area contributed by atoms with Crippen molar-refractivity contribution in [3.63, 3.8) is 0 Å². The predicted octanol–water partition coefficient (Wildman–Crippen LogP) is 1.12. The van der Waals surface area contributed by atoms with Gasteiger partial charge >= 0.3 is 0 Å². The molecule has 0 radical (unpaired) electrons. The fraction of sp³-hybridized carbons (Fsp3) is 0.455. The Morgan fingerprint density at radius 1 is 1.47 bits per heavy atom. The fourth-order valence-electron chi connectivity index (χ4n) is 1.65. The van der Waals surface area contributed by atoms with Crippen molar-refractivity contribution in [1.82, 2.24) is 10.0 Å². The SMILES string of the molecule is O=S(=O)(CC1CCN1)NCc1cccc(Cl)c1. The van der Waals surface area contributed by atoms with E-state index in [9.17, 15) is 8.42 Å². The van der Waals surface area contributed by atoms with Gasteiger partial charge in [-0.25, -0.2) is 13.1 Å². The highest BCUT2D eigenvalue weighted by atomic mass is 35.5. The molecule has 1 unspecified atom stereocenters. The Kier molecular flexibility index (Phi) is 4.04. The second-order valence-electron chi connectivity index (χ2n) is 4.17.